The maximum atomic E-state index is 13.0. The van der Waals surface area contributed by atoms with Crippen LogP contribution in [-0.4, -0.2) is 17.9 Å². The van der Waals surface area contributed by atoms with E-state index in [4.69, 9.17) is 22.1 Å². The number of esters is 1. The highest BCUT2D eigenvalue weighted by molar-refractivity contribution is 6.31. The normalized spacial score (nSPS) is 11.3. The maximum absolute atomic E-state index is 13.0. The smallest absolute Gasteiger partial charge is 0.339 e. The number of nitrogens with two attached hydrogens (primary N) is 1. The summed E-state index contributed by atoms with van der Waals surface area (Å²) in [5.74, 6) is -1.22. The SMILES string of the molecule is Cc1ccc(NC(=O)[C@@H](OC(=O)c2ccc(NC(N)=O)cc2)c2ccccc2)cc1Cl. The van der Waals surface area contributed by atoms with Crippen LogP contribution in [0.25, 0.3) is 0 Å². The number of carbonyl (C=O) groups is 3. The van der Waals surface area contributed by atoms with Crippen molar-refractivity contribution in [3.8, 4) is 0 Å². The van der Waals surface area contributed by atoms with E-state index in [9.17, 15) is 14.4 Å². The monoisotopic (exact) mass is 437 g/mol. The molecular weight excluding hydrogens is 418 g/mol. The molecule has 0 aliphatic heterocycles. The van der Waals surface area contributed by atoms with Crippen molar-refractivity contribution in [2.45, 2.75) is 13.0 Å². The van der Waals surface area contributed by atoms with Crippen LogP contribution in [0.5, 0.6) is 0 Å². The first-order chi connectivity index (χ1) is 14.8. The van der Waals surface area contributed by atoms with E-state index in [-0.39, 0.29) is 5.56 Å². The van der Waals surface area contributed by atoms with E-state index in [1.807, 2.05) is 6.92 Å². The van der Waals surface area contributed by atoms with Crippen molar-refractivity contribution in [1.82, 2.24) is 0 Å². The molecule has 0 heterocycles. The van der Waals surface area contributed by atoms with Crippen LogP contribution in [-0.2, 0) is 9.53 Å². The zero-order chi connectivity index (χ0) is 22.4. The van der Waals surface area contributed by atoms with Gasteiger partial charge in [0.25, 0.3) is 5.91 Å². The lowest BCUT2D eigenvalue weighted by Gasteiger charge is -2.18. The molecule has 3 rings (SSSR count). The van der Waals surface area contributed by atoms with Gasteiger partial charge >= 0.3 is 12.0 Å². The summed E-state index contributed by atoms with van der Waals surface area (Å²) in [6.45, 7) is 1.85. The van der Waals surface area contributed by atoms with Crippen LogP contribution in [0.3, 0.4) is 0 Å². The second-order valence-electron chi connectivity index (χ2n) is 6.72. The van der Waals surface area contributed by atoms with Crippen LogP contribution in [0.2, 0.25) is 5.02 Å². The van der Waals surface area contributed by atoms with Gasteiger partial charge in [-0.2, -0.15) is 0 Å². The Balaban J connectivity index is 1.80. The minimum Gasteiger partial charge on any atom is -0.444 e. The standard InChI is InChI=1S/C23H20ClN3O4/c1-14-7-10-18(13-19(14)24)26-21(28)20(15-5-3-2-4-6-15)31-22(29)16-8-11-17(12-9-16)27-23(25)30/h2-13,20H,1H3,(H,26,28)(H3,25,27,30)/t20-/m0/s1. The molecule has 0 bridgehead atoms. The third kappa shape index (κ3) is 5.83. The number of primary amides is 1. The van der Waals surface area contributed by atoms with Gasteiger partial charge in [-0.15, -0.1) is 0 Å². The average Bonchev–Trinajstić information content (AvgIpc) is 2.75. The van der Waals surface area contributed by atoms with Crippen LogP contribution in [0, 0.1) is 6.92 Å². The molecule has 0 fully saturated rings. The Bertz CT molecular complexity index is 1100. The second kappa shape index (κ2) is 9.77. The summed E-state index contributed by atoms with van der Waals surface area (Å²) in [5, 5.41) is 5.65. The van der Waals surface area contributed by atoms with Crippen molar-refractivity contribution in [2.75, 3.05) is 10.6 Å². The molecule has 3 aromatic rings. The Kier molecular flexibility index (Phi) is 6.89. The minimum atomic E-state index is -1.18. The first-order valence-corrected chi connectivity index (χ1v) is 9.71. The molecule has 3 aromatic carbocycles. The highest BCUT2D eigenvalue weighted by Crippen LogP contribution is 2.24. The second-order valence-corrected chi connectivity index (χ2v) is 7.12. The van der Waals surface area contributed by atoms with E-state index in [0.29, 0.717) is 22.0 Å². The number of nitrogens with one attached hydrogen (secondary N) is 2. The summed E-state index contributed by atoms with van der Waals surface area (Å²) in [6.07, 6.45) is -1.18. The highest BCUT2D eigenvalue weighted by Gasteiger charge is 2.26. The molecule has 0 aliphatic carbocycles. The predicted molar refractivity (Wildman–Crippen MR) is 119 cm³/mol. The van der Waals surface area contributed by atoms with Crippen LogP contribution in [0.1, 0.15) is 27.6 Å². The molecule has 0 saturated heterocycles. The summed E-state index contributed by atoms with van der Waals surface area (Å²) in [4.78, 5) is 36.6. The number of hydrogen-bond acceptors (Lipinski definition) is 4. The molecule has 4 N–H and O–H groups in total. The first-order valence-electron chi connectivity index (χ1n) is 9.33. The van der Waals surface area contributed by atoms with Crippen molar-refractivity contribution < 1.29 is 19.1 Å². The number of urea groups is 1. The molecule has 0 aliphatic rings. The zero-order valence-corrected chi connectivity index (χ0v) is 17.3. The van der Waals surface area contributed by atoms with Crippen LogP contribution in [0.15, 0.2) is 72.8 Å². The fraction of sp³-hybridized carbons (Fsp3) is 0.0870. The van der Waals surface area contributed by atoms with Gasteiger partial charge in [0.2, 0.25) is 6.10 Å². The number of hydrogen-bond donors (Lipinski definition) is 3. The van der Waals surface area contributed by atoms with Gasteiger partial charge in [-0.05, 0) is 48.9 Å². The largest absolute Gasteiger partial charge is 0.444 e. The molecule has 0 radical (unpaired) electrons. The van der Waals surface area contributed by atoms with Gasteiger partial charge in [-0.25, -0.2) is 9.59 Å². The molecule has 8 heteroatoms. The first kappa shape index (κ1) is 21.9. The maximum Gasteiger partial charge on any atom is 0.339 e. The van der Waals surface area contributed by atoms with Crippen LogP contribution in [0.4, 0.5) is 16.2 Å². The van der Waals surface area contributed by atoms with Crippen molar-refractivity contribution in [3.05, 3.63) is 94.5 Å². The summed E-state index contributed by atoms with van der Waals surface area (Å²) in [5.41, 5.74) is 7.58. The van der Waals surface area contributed by atoms with E-state index in [0.717, 1.165) is 5.56 Å². The van der Waals surface area contributed by atoms with E-state index in [1.165, 1.54) is 24.3 Å². The van der Waals surface area contributed by atoms with Crippen LogP contribution < -0.4 is 16.4 Å². The molecule has 0 aromatic heterocycles. The number of benzene rings is 3. The third-order valence-electron chi connectivity index (χ3n) is 4.39. The quantitative estimate of drug-likeness (QED) is 0.486. The molecule has 7 nitrogen and oxygen atoms in total. The molecule has 0 unspecified atom stereocenters. The van der Waals surface area contributed by atoms with Gasteiger partial charge in [0.15, 0.2) is 0 Å². The topological polar surface area (TPSA) is 111 Å². The Labute approximate surface area is 184 Å². The summed E-state index contributed by atoms with van der Waals surface area (Å²) >= 11 is 6.13. The summed E-state index contributed by atoms with van der Waals surface area (Å²) < 4.78 is 5.54. The highest BCUT2D eigenvalue weighted by atomic mass is 35.5. The Hall–Kier alpha value is -3.84. The lowest BCUT2D eigenvalue weighted by molar-refractivity contribution is -0.125. The fourth-order valence-electron chi connectivity index (χ4n) is 2.79. The fourth-order valence-corrected chi connectivity index (χ4v) is 2.97. The van der Waals surface area contributed by atoms with Crippen LogP contribution >= 0.6 is 11.6 Å². The van der Waals surface area contributed by atoms with Gasteiger partial charge < -0.3 is 21.1 Å². The van der Waals surface area contributed by atoms with Gasteiger partial charge in [-0.1, -0.05) is 48.0 Å². The number of aryl methyl sites for hydroxylation is 1. The average molecular weight is 438 g/mol. The van der Waals surface area contributed by atoms with E-state index >= 15 is 0 Å². The summed E-state index contributed by atoms with van der Waals surface area (Å²) in [6, 6.07) is 19.0. The predicted octanol–water partition coefficient (Wildman–Crippen LogP) is 4.68. The van der Waals surface area contributed by atoms with Gasteiger partial charge in [-0.3, -0.25) is 4.79 Å². The lowest BCUT2D eigenvalue weighted by Crippen LogP contribution is -2.26. The Morgan fingerprint density at radius 2 is 1.55 bits per heavy atom. The number of rotatable bonds is 6. The lowest BCUT2D eigenvalue weighted by atomic mass is 10.1. The summed E-state index contributed by atoms with van der Waals surface area (Å²) in [7, 11) is 0. The zero-order valence-electron chi connectivity index (χ0n) is 16.6. The number of amides is 3. The van der Waals surface area contributed by atoms with Crippen molar-refractivity contribution in [3.63, 3.8) is 0 Å². The van der Waals surface area contributed by atoms with Crippen molar-refractivity contribution in [1.29, 1.82) is 0 Å². The van der Waals surface area contributed by atoms with Gasteiger partial charge in [0.1, 0.15) is 0 Å². The number of carbonyl (C=O) groups excluding carboxylic acids is 3. The van der Waals surface area contributed by atoms with E-state index < -0.39 is 24.0 Å². The third-order valence-corrected chi connectivity index (χ3v) is 4.80. The number of anilines is 2. The van der Waals surface area contributed by atoms with E-state index in [2.05, 4.69) is 10.6 Å². The molecule has 1 atom stereocenters. The minimum absolute atomic E-state index is 0.210. The van der Waals surface area contributed by atoms with E-state index in [1.54, 1.807) is 48.5 Å². The van der Waals surface area contributed by atoms with Gasteiger partial charge in [0, 0.05) is 22.0 Å². The molecule has 158 valence electrons. The molecule has 3 amide bonds. The number of ether oxygens (including phenoxy) is 1. The Morgan fingerprint density at radius 3 is 2.16 bits per heavy atom. The Morgan fingerprint density at radius 1 is 0.903 bits per heavy atom. The molecule has 31 heavy (non-hydrogen) atoms. The molecule has 0 spiro atoms. The van der Waals surface area contributed by atoms with Crippen molar-refractivity contribution in [2.24, 2.45) is 5.73 Å². The van der Waals surface area contributed by atoms with Gasteiger partial charge in [0.05, 0.1) is 5.56 Å². The number of halogens is 1. The van der Waals surface area contributed by atoms with Crippen molar-refractivity contribution >= 4 is 40.9 Å². The molecule has 0 saturated carbocycles. The molecular formula is C23H20ClN3O4.